The minimum Gasteiger partial charge on any atom is -1.00 e. The van der Waals surface area contributed by atoms with Crippen LogP contribution >= 0.6 is 7.26 Å². The zero-order valence-electron chi connectivity index (χ0n) is 25.1. The van der Waals surface area contributed by atoms with Crippen LogP contribution in [0.25, 0.3) is 0 Å². The van der Waals surface area contributed by atoms with Crippen molar-refractivity contribution < 1.29 is 34.1 Å². The van der Waals surface area contributed by atoms with E-state index < -0.39 is 7.26 Å². The molecule has 2 N–H and O–H groups in total. The number of halogens is 1. The number of benzene rings is 4. The molecule has 13 heteroatoms. The van der Waals surface area contributed by atoms with Crippen LogP contribution in [0.5, 0.6) is 0 Å². The molecule has 0 amide bonds. The van der Waals surface area contributed by atoms with Crippen LogP contribution in [0.15, 0.2) is 160 Å². The zero-order valence-corrected chi connectivity index (χ0v) is 30.2. The Balaban J connectivity index is 0.00000300. The first-order valence-electron chi connectivity index (χ1n) is 14.1. The van der Waals surface area contributed by atoms with Crippen molar-refractivity contribution in [3.63, 3.8) is 0 Å². The van der Waals surface area contributed by atoms with E-state index in [9.17, 15) is 0 Å². The van der Waals surface area contributed by atoms with Gasteiger partial charge in [-0.3, -0.25) is 0 Å². The normalized spacial score (nSPS) is 12.4. The van der Waals surface area contributed by atoms with E-state index in [1.165, 1.54) is 15.9 Å². The number of hydrogen-bond donors (Lipinski definition) is 2. The summed E-state index contributed by atoms with van der Waals surface area (Å²) in [6, 6.07) is 42.9. The second-order valence-electron chi connectivity index (χ2n) is 9.55. The number of nitrogens with one attached hydrogen (secondary N) is 2. The maximum Gasteiger partial charge on any atom is 2.00 e. The SMILES string of the molecule is CNC([S-])=NN=C(C(=NN=C([S-])NC[P+](c1ccccc1)(c1ccccc1)c1ccccc1)c1ccccc1)c1ncccn1.[Br-].[Cu+2]. The minimum absolute atomic E-state index is 0. The summed E-state index contributed by atoms with van der Waals surface area (Å²) < 4.78 is 0. The molecule has 0 atom stereocenters. The molecule has 241 valence electrons. The van der Waals surface area contributed by atoms with Crippen molar-refractivity contribution in [1.29, 1.82) is 0 Å². The van der Waals surface area contributed by atoms with E-state index in [0.29, 0.717) is 23.5 Å². The number of rotatable bonds is 10. The maximum absolute atomic E-state index is 5.78. The standard InChI is InChI=1S/C34H31N8PS2.BrH.Cu/c1-35-33(44)41-40-31(32-36-23-14-24-37-32)30(26-15-6-2-7-16-26)39-42-34(45)38-25-43(27-17-8-3-9-18-27,28-19-10-4-11-20-28)29-21-12-5-13-22-29;;/h2-24H,25H2,1H3,(H3-,35,36,37,38,39,40,41,42,44,45);1H;/q;;+2/p-2. The van der Waals surface area contributed by atoms with Crippen LogP contribution in [0.1, 0.15) is 11.4 Å². The van der Waals surface area contributed by atoms with Crippen LogP contribution in [0.3, 0.4) is 0 Å². The first-order chi connectivity index (χ1) is 22.1. The Hall–Kier alpha value is -3.89. The van der Waals surface area contributed by atoms with Crippen molar-refractivity contribution in [1.82, 2.24) is 20.6 Å². The summed E-state index contributed by atoms with van der Waals surface area (Å²) in [5, 5.41) is 28.0. The minimum atomic E-state index is -2.19. The van der Waals surface area contributed by atoms with Crippen LogP contribution in [0, 0.1) is 0 Å². The second-order valence-corrected chi connectivity index (χ2v) is 13.8. The van der Waals surface area contributed by atoms with Gasteiger partial charge in [-0.25, -0.2) is 9.97 Å². The van der Waals surface area contributed by atoms with Crippen molar-refractivity contribution >= 4 is 70.2 Å². The Labute approximate surface area is 307 Å². The molecule has 0 aliphatic heterocycles. The summed E-state index contributed by atoms with van der Waals surface area (Å²) in [6.45, 7) is 0. The Morgan fingerprint density at radius 2 is 1.02 bits per heavy atom. The molecule has 0 aliphatic rings. The molecule has 0 saturated carbocycles. The van der Waals surface area contributed by atoms with Gasteiger partial charge in [0.2, 0.25) is 0 Å². The molecular weight excluding hydrogens is 759 g/mol. The van der Waals surface area contributed by atoms with Gasteiger partial charge in [0.05, 0.1) is 0 Å². The molecule has 0 aliphatic carbocycles. The van der Waals surface area contributed by atoms with E-state index in [1.807, 2.05) is 48.5 Å². The second kappa shape index (κ2) is 19.1. The fraction of sp³-hybridized carbons (Fsp3) is 0.0588. The van der Waals surface area contributed by atoms with Crippen LogP contribution in [-0.2, 0) is 42.3 Å². The largest absolute Gasteiger partial charge is 2.00 e. The Bertz CT molecular complexity index is 1700. The molecule has 4 aromatic carbocycles. The van der Waals surface area contributed by atoms with Crippen LogP contribution < -0.4 is 43.5 Å². The summed E-state index contributed by atoms with van der Waals surface area (Å²) in [6.07, 6.45) is 3.79. The smallest absolute Gasteiger partial charge is 1.00 e. The van der Waals surface area contributed by atoms with Crippen LogP contribution in [-0.4, -0.2) is 45.1 Å². The Kier molecular flexibility index (Phi) is 15.2. The third-order valence-corrected chi connectivity index (χ3v) is 11.5. The third-order valence-electron chi connectivity index (χ3n) is 6.80. The number of hydrogen-bond acceptors (Lipinski definition) is 8. The first kappa shape index (κ1) is 37.6. The number of amidine groups is 2. The molecule has 5 aromatic rings. The molecule has 47 heavy (non-hydrogen) atoms. The van der Waals surface area contributed by atoms with Crippen LogP contribution in [0.2, 0.25) is 0 Å². The average Bonchev–Trinajstić information content (AvgIpc) is 3.12. The van der Waals surface area contributed by atoms with E-state index in [2.05, 4.69) is 114 Å². The molecule has 0 bridgehead atoms. The van der Waals surface area contributed by atoms with Gasteiger partial charge in [0.15, 0.2) is 11.5 Å². The molecule has 0 saturated heterocycles. The van der Waals surface area contributed by atoms with E-state index in [4.69, 9.17) is 25.3 Å². The fourth-order valence-corrected chi connectivity index (χ4v) is 8.82. The molecule has 1 heterocycles. The molecule has 8 nitrogen and oxygen atoms in total. The van der Waals surface area contributed by atoms with Crippen LogP contribution in [0.4, 0.5) is 0 Å². The van der Waals surface area contributed by atoms with E-state index >= 15 is 0 Å². The number of nitrogens with zero attached hydrogens (tertiary/aromatic N) is 6. The summed E-state index contributed by atoms with van der Waals surface area (Å²) in [5.41, 5.74) is 1.43. The monoisotopic (exact) mass is 787 g/mol. The van der Waals surface area contributed by atoms with E-state index in [0.717, 1.165) is 5.56 Å². The van der Waals surface area contributed by atoms with E-state index in [-0.39, 0.29) is 44.4 Å². The van der Waals surface area contributed by atoms with Gasteiger partial charge in [-0.05, 0) is 47.6 Å². The van der Waals surface area contributed by atoms with Gasteiger partial charge in [-0.15, -0.1) is 10.2 Å². The summed E-state index contributed by atoms with van der Waals surface area (Å²) >= 11 is 11.0. The maximum atomic E-state index is 5.78. The van der Waals surface area contributed by atoms with Gasteiger partial charge in [0, 0.05) is 30.2 Å². The summed E-state index contributed by atoms with van der Waals surface area (Å²) in [4.78, 5) is 8.79. The third kappa shape index (κ3) is 9.58. The zero-order chi connectivity index (χ0) is 31.3. The van der Waals surface area contributed by atoms with Gasteiger partial charge in [0.1, 0.15) is 35.2 Å². The van der Waals surface area contributed by atoms with Gasteiger partial charge in [-0.2, -0.15) is 10.2 Å². The fourth-order valence-electron chi connectivity index (χ4n) is 4.69. The van der Waals surface area contributed by atoms with Gasteiger partial charge in [0.25, 0.3) is 0 Å². The van der Waals surface area contributed by atoms with Crippen molar-refractivity contribution in [2.75, 3.05) is 13.3 Å². The molecular formula is C34H30BrCuN8PS2. The Morgan fingerprint density at radius 1 is 0.596 bits per heavy atom. The molecule has 0 unspecified atom stereocenters. The molecule has 1 radical (unpaired) electrons. The van der Waals surface area contributed by atoms with Crippen molar-refractivity contribution in [3.05, 3.63) is 151 Å². The van der Waals surface area contributed by atoms with E-state index in [1.54, 1.807) is 25.5 Å². The summed E-state index contributed by atoms with van der Waals surface area (Å²) in [5.74, 6) is 0.319. The van der Waals surface area contributed by atoms with Gasteiger partial charge in [-0.1, -0.05) is 84.9 Å². The van der Waals surface area contributed by atoms with Gasteiger partial charge < -0.3 is 52.9 Å². The predicted octanol–water partition coefficient (Wildman–Crippen LogP) is 1.15. The first-order valence-corrected chi connectivity index (χ1v) is 16.9. The van der Waals surface area contributed by atoms with Crippen molar-refractivity contribution in [3.8, 4) is 0 Å². The van der Waals surface area contributed by atoms with Crippen molar-refractivity contribution in [2.24, 2.45) is 20.4 Å². The number of aromatic nitrogens is 2. The van der Waals surface area contributed by atoms with Gasteiger partial charge >= 0.3 is 17.1 Å². The van der Waals surface area contributed by atoms with Crippen molar-refractivity contribution in [2.45, 2.75) is 0 Å². The summed E-state index contributed by atoms with van der Waals surface area (Å²) in [7, 11) is -0.517. The molecule has 5 rings (SSSR count). The molecule has 1 aromatic heterocycles. The quantitative estimate of drug-likeness (QED) is 0.0551. The Morgan fingerprint density at radius 3 is 1.49 bits per heavy atom. The average molecular weight is 789 g/mol. The molecule has 0 fully saturated rings. The predicted molar refractivity (Wildman–Crippen MR) is 193 cm³/mol. The topological polar surface area (TPSA) is 99.3 Å². The molecule has 0 spiro atoms.